The van der Waals surface area contributed by atoms with Gasteiger partial charge in [-0.05, 0) is 84.9 Å². The van der Waals surface area contributed by atoms with E-state index in [9.17, 15) is 0 Å². The fourth-order valence-electron chi connectivity index (χ4n) is 8.07. The molecule has 0 fully saturated rings. The highest BCUT2D eigenvalue weighted by atomic mass is 16.3. The van der Waals surface area contributed by atoms with Crippen LogP contribution in [-0.2, 0) is 0 Å². The molecule has 11 rings (SSSR count). The summed E-state index contributed by atoms with van der Waals surface area (Å²) in [7, 11) is 0. The molecule has 0 bridgehead atoms. The third-order valence-electron chi connectivity index (χ3n) is 10.7. The highest BCUT2D eigenvalue weighted by molar-refractivity contribution is 6.15. The second-order valence-electron chi connectivity index (χ2n) is 14.0. The van der Waals surface area contributed by atoms with Crippen molar-refractivity contribution in [2.45, 2.75) is 0 Å². The molecule has 4 nitrogen and oxygen atoms in total. The lowest BCUT2D eigenvalue weighted by molar-refractivity contribution is 0.669. The molecular weight excluding hydrogens is 671 g/mol. The Balaban J connectivity index is 1.15. The lowest BCUT2D eigenvalue weighted by atomic mass is 9.91. The Hall–Kier alpha value is -7.43. The van der Waals surface area contributed by atoms with Crippen molar-refractivity contribution in [3.05, 3.63) is 188 Å². The van der Waals surface area contributed by atoms with Crippen LogP contribution in [0.5, 0.6) is 0 Å². The summed E-state index contributed by atoms with van der Waals surface area (Å²) in [6.45, 7) is 0. The highest BCUT2D eigenvalue weighted by Gasteiger charge is 2.20. The molecule has 256 valence electrons. The van der Waals surface area contributed by atoms with E-state index in [-0.39, 0.29) is 0 Å². The molecule has 4 heteroatoms. The minimum absolute atomic E-state index is 0.555. The van der Waals surface area contributed by atoms with Crippen LogP contribution >= 0.6 is 0 Å². The number of nitrogens with zero attached hydrogens (tertiary/aromatic N) is 3. The molecule has 0 radical (unpaired) electrons. The molecule has 2 aromatic heterocycles. The quantitative estimate of drug-likeness (QED) is 0.168. The Kier molecular flexibility index (Phi) is 7.14. The summed E-state index contributed by atoms with van der Waals surface area (Å²) < 4.78 is 6.52. The fraction of sp³-hybridized carbons (Fsp3) is 0. The molecule has 0 aliphatic heterocycles. The molecule has 0 spiro atoms. The first kappa shape index (κ1) is 31.1. The topological polar surface area (TPSA) is 51.8 Å². The summed E-state index contributed by atoms with van der Waals surface area (Å²) in [5.74, 6) is 1.74. The van der Waals surface area contributed by atoms with Crippen LogP contribution in [-0.4, -0.2) is 15.0 Å². The smallest absolute Gasteiger partial charge is 0.167 e. The van der Waals surface area contributed by atoms with Crippen LogP contribution in [0.25, 0.3) is 111 Å². The van der Waals surface area contributed by atoms with Crippen molar-refractivity contribution < 1.29 is 4.42 Å². The monoisotopic (exact) mass is 701 g/mol. The molecule has 0 saturated carbocycles. The zero-order valence-electron chi connectivity index (χ0n) is 29.6. The number of aromatic nitrogens is 3. The van der Waals surface area contributed by atoms with E-state index >= 15 is 0 Å². The van der Waals surface area contributed by atoms with Crippen LogP contribution in [0, 0.1) is 0 Å². The van der Waals surface area contributed by atoms with Crippen molar-refractivity contribution in [2.75, 3.05) is 0 Å². The van der Waals surface area contributed by atoms with Crippen LogP contribution in [0.4, 0.5) is 0 Å². The maximum absolute atomic E-state index is 6.52. The summed E-state index contributed by atoms with van der Waals surface area (Å²) >= 11 is 0. The van der Waals surface area contributed by atoms with Crippen molar-refractivity contribution in [1.29, 1.82) is 0 Å². The second kappa shape index (κ2) is 12.6. The summed E-state index contributed by atoms with van der Waals surface area (Å²) in [6, 6.07) is 65.8. The van der Waals surface area contributed by atoms with Crippen LogP contribution in [0.3, 0.4) is 0 Å². The maximum atomic E-state index is 6.52. The minimum Gasteiger partial charge on any atom is -0.455 e. The molecule has 9 aromatic carbocycles. The summed E-state index contributed by atoms with van der Waals surface area (Å²) in [5.41, 5.74) is 8.64. The Bertz CT molecular complexity index is 3290. The van der Waals surface area contributed by atoms with Crippen LogP contribution < -0.4 is 0 Å². The van der Waals surface area contributed by atoms with Crippen molar-refractivity contribution in [1.82, 2.24) is 15.0 Å². The van der Waals surface area contributed by atoms with E-state index in [1.54, 1.807) is 0 Å². The van der Waals surface area contributed by atoms with E-state index < -0.39 is 0 Å². The zero-order chi connectivity index (χ0) is 36.3. The molecule has 0 unspecified atom stereocenters. The first-order valence-electron chi connectivity index (χ1n) is 18.5. The normalized spacial score (nSPS) is 11.6. The molecule has 55 heavy (non-hydrogen) atoms. The van der Waals surface area contributed by atoms with Gasteiger partial charge in [-0.15, -0.1) is 0 Å². The number of hydrogen-bond acceptors (Lipinski definition) is 4. The first-order valence-corrected chi connectivity index (χ1v) is 18.5. The lowest BCUT2D eigenvalue weighted by Gasteiger charge is -2.15. The average Bonchev–Trinajstić information content (AvgIpc) is 3.65. The van der Waals surface area contributed by atoms with Crippen molar-refractivity contribution >= 4 is 54.3 Å². The average molecular weight is 702 g/mol. The Morgan fingerprint density at radius 3 is 1.75 bits per heavy atom. The van der Waals surface area contributed by atoms with Gasteiger partial charge in [-0.25, -0.2) is 15.0 Å². The van der Waals surface area contributed by atoms with E-state index in [1.807, 2.05) is 24.3 Å². The highest BCUT2D eigenvalue weighted by Crippen LogP contribution is 2.41. The Labute approximate surface area is 317 Å². The first-order chi connectivity index (χ1) is 27.2. The van der Waals surface area contributed by atoms with Crippen molar-refractivity contribution in [2.24, 2.45) is 0 Å². The van der Waals surface area contributed by atoms with Gasteiger partial charge in [-0.3, -0.25) is 0 Å². The number of furan rings is 1. The third kappa shape index (κ3) is 5.26. The molecule has 0 atom stereocenters. The summed E-state index contributed by atoms with van der Waals surface area (Å²) in [4.78, 5) is 15.8. The van der Waals surface area contributed by atoms with Gasteiger partial charge in [-0.2, -0.15) is 0 Å². The molecule has 2 heterocycles. The molecule has 0 saturated heterocycles. The van der Waals surface area contributed by atoms with Gasteiger partial charge in [0.2, 0.25) is 0 Å². The lowest BCUT2D eigenvalue weighted by Crippen LogP contribution is -2.01. The Morgan fingerprint density at radius 1 is 0.291 bits per heavy atom. The Morgan fingerprint density at radius 2 is 0.873 bits per heavy atom. The molecule has 0 amide bonds. The molecule has 0 aliphatic carbocycles. The van der Waals surface area contributed by atoms with E-state index in [0.717, 1.165) is 60.9 Å². The number of hydrogen-bond donors (Lipinski definition) is 0. The second-order valence-corrected chi connectivity index (χ2v) is 14.0. The number of benzene rings is 9. The van der Waals surface area contributed by atoms with Gasteiger partial charge in [0, 0.05) is 21.9 Å². The molecule has 0 aliphatic rings. The molecular formula is C51H31N3O. The molecule has 11 aromatic rings. The van der Waals surface area contributed by atoms with Gasteiger partial charge in [0.15, 0.2) is 17.5 Å². The predicted molar refractivity (Wildman–Crippen MR) is 227 cm³/mol. The summed E-state index contributed by atoms with van der Waals surface area (Å²) in [6.07, 6.45) is 0. The predicted octanol–water partition coefficient (Wildman–Crippen LogP) is 13.6. The van der Waals surface area contributed by atoms with Crippen LogP contribution in [0.2, 0.25) is 0 Å². The molecule has 0 N–H and O–H groups in total. The summed E-state index contributed by atoms with van der Waals surface area (Å²) in [5, 5.41) is 9.31. The number of rotatable bonds is 5. The van der Waals surface area contributed by atoms with E-state index in [4.69, 9.17) is 19.4 Å². The van der Waals surface area contributed by atoms with Crippen LogP contribution in [0.1, 0.15) is 0 Å². The van der Waals surface area contributed by atoms with Gasteiger partial charge in [0.1, 0.15) is 11.2 Å². The SMILES string of the molecule is c1cc(-c2ccc3ccccc3c2)cc(-c2nc(-c3ccccc3-c3cc4ccccc4c4ccccc34)nc(-c3cccc4c3oc3ccccc34)n2)c1. The van der Waals surface area contributed by atoms with Gasteiger partial charge in [0.05, 0.1) is 5.56 Å². The van der Waals surface area contributed by atoms with E-state index in [0.29, 0.717) is 17.5 Å². The standard InChI is InChI=1S/C51H31N3O/c1-2-14-33-29-35(28-27-32(33)13-1)34-16-11-17-37(30-34)49-52-50(54-51(53-49)45-25-12-24-43-42-22-9-10-26-47(42)55-48(43)45)44-23-8-7-21-41(44)46-31-36-15-3-4-18-38(36)39-19-5-6-20-40(39)46/h1-31H. The minimum atomic E-state index is 0.555. The van der Waals surface area contributed by atoms with Gasteiger partial charge >= 0.3 is 0 Å². The van der Waals surface area contributed by atoms with Crippen molar-refractivity contribution in [3.63, 3.8) is 0 Å². The largest absolute Gasteiger partial charge is 0.455 e. The number of para-hydroxylation sites is 2. The fourth-order valence-corrected chi connectivity index (χ4v) is 8.07. The third-order valence-corrected chi connectivity index (χ3v) is 10.7. The van der Waals surface area contributed by atoms with E-state index in [1.165, 1.54) is 32.3 Å². The van der Waals surface area contributed by atoms with Gasteiger partial charge in [0.25, 0.3) is 0 Å². The van der Waals surface area contributed by atoms with Crippen molar-refractivity contribution in [3.8, 4) is 56.4 Å². The maximum Gasteiger partial charge on any atom is 0.167 e. The van der Waals surface area contributed by atoms with Crippen LogP contribution in [0.15, 0.2) is 192 Å². The van der Waals surface area contributed by atoms with Gasteiger partial charge in [-0.1, -0.05) is 158 Å². The zero-order valence-corrected chi connectivity index (χ0v) is 29.6. The van der Waals surface area contributed by atoms with E-state index in [2.05, 4.69) is 164 Å². The number of fused-ring (bicyclic) bond motifs is 7. The van der Waals surface area contributed by atoms with Gasteiger partial charge < -0.3 is 4.42 Å².